The summed E-state index contributed by atoms with van der Waals surface area (Å²) in [7, 11) is 0. The number of nitrogens with one attached hydrogen (secondary N) is 1. The van der Waals surface area contributed by atoms with Crippen molar-refractivity contribution in [2.45, 2.75) is 70.1 Å². The van der Waals surface area contributed by atoms with E-state index < -0.39 is 11.2 Å². The molecule has 2 aliphatic rings. The molecule has 1 amide bonds. The molecule has 37 heavy (non-hydrogen) atoms. The summed E-state index contributed by atoms with van der Waals surface area (Å²) in [4.78, 5) is 45.2. The number of aryl methyl sites for hydroxylation is 1. The average molecular weight is 498 g/mol. The predicted octanol–water partition coefficient (Wildman–Crippen LogP) is 3.72. The van der Waals surface area contributed by atoms with Crippen molar-refractivity contribution in [1.29, 1.82) is 0 Å². The highest BCUT2D eigenvalue weighted by Gasteiger charge is 2.26. The van der Waals surface area contributed by atoms with Gasteiger partial charge in [0.1, 0.15) is 6.54 Å². The summed E-state index contributed by atoms with van der Waals surface area (Å²) >= 11 is 0. The van der Waals surface area contributed by atoms with Crippen LogP contribution in [-0.4, -0.2) is 24.6 Å². The molecule has 2 aliphatic carbocycles. The lowest BCUT2D eigenvalue weighted by molar-refractivity contribution is -0.122. The maximum atomic E-state index is 13.7. The minimum Gasteiger partial charge on any atom is -0.348 e. The van der Waals surface area contributed by atoms with E-state index in [1.54, 1.807) is 6.33 Å². The monoisotopic (exact) mass is 497 g/mol. The van der Waals surface area contributed by atoms with Crippen LogP contribution in [0, 0.1) is 0 Å². The molecular weight excluding hydrogens is 466 g/mol. The Morgan fingerprint density at radius 3 is 2.49 bits per heavy atom. The lowest BCUT2D eigenvalue weighted by Gasteiger charge is -2.26. The van der Waals surface area contributed by atoms with E-state index in [-0.39, 0.29) is 31.1 Å². The number of nitrogens with zero attached hydrogens (tertiary/aromatic N) is 4. The number of fused-ring (bicyclic) bond motifs is 2. The van der Waals surface area contributed by atoms with Crippen molar-refractivity contribution in [2.75, 3.05) is 0 Å². The van der Waals surface area contributed by atoms with Gasteiger partial charge in [-0.2, -0.15) is 0 Å². The van der Waals surface area contributed by atoms with Gasteiger partial charge in [-0.1, -0.05) is 67.4 Å². The van der Waals surface area contributed by atoms with Crippen molar-refractivity contribution < 1.29 is 4.79 Å². The van der Waals surface area contributed by atoms with E-state index in [4.69, 9.17) is 0 Å². The molecule has 0 saturated heterocycles. The first-order valence-corrected chi connectivity index (χ1v) is 13.2. The lowest BCUT2D eigenvalue weighted by Crippen LogP contribution is -2.45. The number of hydrogen-bond acceptors (Lipinski definition) is 4. The van der Waals surface area contributed by atoms with Crippen molar-refractivity contribution in [3.05, 3.63) is 98.5 Å². The number of imidazole rings is 1. The Balaban J connectivity index is 1.39. The van der Waals surface area contributed by atoms with E-state index in [1.807, 2.05) is 53.1 Å². The van der Waals surface area contributed by atoms with E-state index in [9.17, 15) is 14.4 Å². The first kappa shape index (κ1) is 23.5. The predicted molar refractivity (Wildman–Crippen MR) is 142 cm³/mol. The Kier molecular flexibility index (Phi) is 6.24. The van der Waals surface area contributed by atoms with Crippen molar-refractivity contribution >= 4 is 17.1 Å². The van der Waals surface area contributed by atoms with Crippen LogP contribution in [0.15, 0.2) is 70.5 Å². The number of hydrogen-bond donors (Lipinski definition) is 1. The highest BCUT2D eigenvalue weighted by atomic mass is 16.2. The lowest BCUT2D eigenvalue weighted by atomic mass is 9.88. The fourth-order valence-corrected chi connectivity index (χ4v) is 6.00. The Labute approximate surface area is 214 Å². The molecule has 1 saturated carbocycles. The first-order chi connectivity index (χ1) is 18.1. The topological polar surface area (TPSA) is 90.9 Å². The van der Waals surface area contributed by atoms with E-state index in [0.29, 0.717) is 11.2 Å². The van der Waals surface area contributed by atoms with Gasteiger partial charge in [0, 0.05) is 6.04 Å². The molecule has 0 unspecified atom stereocenters. The first-order valence-electron chi connectivity index (χ1n) is 13.2. The second kappa shape index (κ2) is 9.84. The number of rotatable bonds is 6. The van der Waals surface area contributed by atoms with Crippen molar-refractivity contribution in [1.82, 2.24) is 24.0 Å². The van der Waals surface area contributed by atoms with Crippen LogP contribution in [0.3, 0.4) is 0 Å². The van der Waals surface area contributed by atoms with E-state index >= 15 is 0 Å². The molecule has 0 spiro atoms. The van der Waals surface area contributed by atoms with Gasteiger partial charge in [0.05, 0.1) is 18.9 Å². The average Bonchev–Trinajstić information content (AvgIpc) is 3.60. The summed E-state index contributed by atoms with van der Waals surface area (Å²) in [5.74, 6) is -0.335. The quantitative estimate of drug-likeness (QED) is 0.440. The molecule has 1 atom stereocenters. The number of aromatic nitrogens is 4. The molecule has 0 radical (unpaired) electrons. The Morgan fingerprint density at radius 2 is 1.68 bits per heavy atom. The minimum atomic E-state index is -0.516. The Bertz CT molecular complexity index is 1560. The van der Waals surface area contributed by atoms with Gasteiger partial charge in [-0.05, 0) is 48.8 Å². The van der Waals surface area contributed by atoms with Crippen LogP contribution in [-0.2, 0) is 24.3 Å². The fourth-order valence-electron chi connectivity index (χ4n) is 6.00. The number of carbonyl (C=O) groups excluding carboxylic acids is 1. The molecule has 6 rings (SSSR count). The molecule has 2 aromatic heterocycles. The normalized spacial score (nSPS) is 17.7. The number of benzene rings is 2. The van der Waals surface area contributed by atoms with Crippen LogP contribution >= 0.6 is 0 Å². The van der Waals surface area contributed by atoms with Crippen LogP contribution in [0.1, 0.15) is 67.3 Å². The maximum Gasteiger partial charge on any atom is 0.333 e. The third kappa shape index (κ3) is 4.41. The summed E-state index contributed by atoms with van der Waals surface area (Å²) < 4.78 is 4.54. The molecular formula is C29H31N5O3. The molecule has 2 heterocycles. The summed E-state index contributed by atoms with van der Waals surface area (Å²) in [5, 5.41) is 3.09. The van der Waals surface area contributed by atoms with Crippen molar-refractivity contribution in [3.63, 3.8) is 0 Å². The Morgan fingerprint density at radius 1 is 0.919 bits per heavy atom. The smallest absolute Gasteiger partial charge is 0.333 e. The van der Waals surface area contributed by atoms with Gasteiger partial charge in [-0.3, -0.25) is 14.2 Å². The molecule has 2 aromatic carbocycles. The highest BCUT2D eigenvalue weighted by molar-refractivity contribution is 5.77. The van der Waals surface area contributed by atoms with Crippen LogP contribution in [0.25, 0.3) is 11.2 Å². The SMILES string of the molecule is O=C(Cn1c(=O)c2c(ncn2C2CCCC2)n(Cc2ccccc2)c1=O)N[C@H]1CCCc2ccccc21. The van der Waals surface area contributed by atoms with Crippen LogP contribution in [0.2, 0.25) is 0 Å². The molecule has 190 valence electrons. The van der Waals surface area contributed by atoms with Gasteiger partial charge in [0.25, 0.3) is 5.56 Å². The molecule has 4 aromatic rings. The molecule has 1 N–H and O–H groups in total. The van der Waals surface area contributed by atoms with Gasteiger partial charge in [-0.25, -0.2) is 14.3 Å². The summed E-state index contributed by atoms with van der Waals surface area (Å²) in [6.45, 7) is -0.0489. The second-order valence-electron chi connectivity index (χ2n) is 10.2. The molecule has 0 bridgehead atoms. The molecule has 0 aliphatic heterocycles. The maximum absolute atomic E-state index is 13.7. The molecule has 8 heteroatoms. The zero-order valence-electron chi connectivity index (χ0n) is 20.8. The number of carbonyl (C=O) groups is 1. The van der Waals surface area contributed by atoms with Gasteiger partial charge < -0.3 is 9.88 Å². The highest BCUT2D eigenvalue weighted by Crippen LogP contribution is 2.31. The zero-order chi connectivity index (χ0) is 25.4. The van der Waals surface area contributed by atoms with Crippen molar-refractivity contribution in [3.8, 4) is 0 Å². The van der Waals surface area contributed by atoms with Crippen LogP contribution < -0.4 is 16.6 Å². The van der Waals surface area contributed by atoms with Crippen LogP contribution in [0.5, 0.6) is 0 Å². The molecule has 1 fully saturated rings. The van der Waals surface area contributed by atoms with Gasteiger partial charge in [0.2, 0.25) is 5.91 Å². The fraction of sp³-hybridized carbons (Fsp3) is 0.379. The van der Waals surface area contributed by atoms with E-state index in [0.717, 1.165) is 60.6 Å². The third-order valence-electron chi connectivity index (χ3n) is 7.85. The van der Waals surface area contributed by atoms with Gasteiger partial charge >= 0.3 is 5.69 Å². The number of amides is 1. The largest absolute Gasteiger partial charge is 0.348 e. The Hall–Kier alpha value is -3.94. The van der Waals surface area contributed by atoms with Gasteiger partial charge in [0.15, 0.2) is 11.2 Å². The minimum absolute atomic E-state index is 0.118. The van der Waals surface area contributed by atoms with Crippen molar-refractivity contribution in [2.24, 2.45) is 0 Å². The third-order valence-corrected chi connectivity index (χ3v) is 7.85. The summed E-state index contributed by atoms with van der Waals surface area (Å²) in [6, 6.07) is 17.8. The standard InChI is InChI=1S/C29H31N5O3/c35-25(31-24-16-8-12-21-11-4-7-15-23(21)24)18-33-28(36)26-27(30-19-34(26)22-13-5-6-14-22)32(29(33)37)17-20-9-2-1-3-10-20/h1-4,7,9-11,15,19,22,24H,5-6,8,12-14,16-18H2,(H,31,35)/t24-/m0/s1. The van der Waals surface area contributed by atoms with Gasteiger partial charge in [-0.15, -0.1) is 0 Å². The zero-order valence-corrected chi connectivity index (χ0v) is 20.8. The summed E-state index contributed by atoms with van der Waals surface area (Å²) in [6.07, 6.45) is 8.66. The summed E-state index contributed by atoms with van der Waals surface area (Å²) in [5.41, 5.74) is 3.09. The van der Waals surface area contributed by atoms with Crippen LogP contribution in [0.4, 0.5) is 0 Å². The van der Waals surface area contributed by atoms with E-state index in [1.165, 1.54) is 10.1 Å². The van der Waals surface area contributed by atoms with E-state index in [2.05, 4.69) is 16.4 Å². The second-order valence-corrected chi connectivity index (χ2v) is 10.2. The molecule has 8 nitrogen and oxygen atoms in total.